The van der Waals surface area contributed by atoms with Crippen LogP contribution in [-0.4, -0.2) is 12.7 Å². The molecule has 0 radical (unpaired) electrons. The molecule has 0 aromatic heterocycles. The van der Waals surface area contributed by atoms with E-state index in [2.05, 4.69) is 0 Å². The summed E-state index contributed by atoms with van der Waals surface area (Å²) in [6.07, 6.45) is 0.939. The molecule has 1 aromatic carbocycles. The Hall–Kier alpha value is -0.590. The lowest BCUT2D eigenvalue weighted by molar-refractivity contribution is 0.630. The van der Waals surface area contributed by atoms with Gasteiger partial charge in [-0.15, -0.1) is 0 Å². The van der Waals surface area contributed by atoms with E-state index < -0.39 is 0 Å². The zero-order chi connectivity index (χ0) is 7.94. The molecule has 1 rings (SSSR count). The first-order valence-electron chi connectivity index (χ1n) is 3.58. The van der Waals surface area contributed by atoms with Crippen LogP contribution in [0.15, 0.2) is 30.3 Å². The first-order valence-corrected chi connectivity index (χ1v) is 4.70. The van der Waals surface area contributed by atoms with E-state index in [9.17, 15) is 0 Å². The second-order valence-electron chi connectivity index (χ2n) is 2.10. The molecule has 1 unspecified atom stereocenters. The summed E-state index contributed by atoms with van der Waals surface area (Å²) in [5, 5.41) is 0. The fourth-order valence-electron chi connectivity index (χ4n) is 0.682. The highest BCUT2D eigenvalue weighted by atomic mass is 31.1. The van der Waals surface area contributed by atoms with E-state index in [1.807, 2.05) is 30.3 Å². The fourth-order valence-corrected chi connectivity index (χ4v) is 1.20. The summed E-state index contributed by atoms with van der Waals surface area (Å²) in [7, 11) is 0.485. The molecule has 0 aliphatic rings. The molecule has 0 spiro atoms. The standard InChI is InChI=1S/C8H12NOP/c9-6-7-11-10-8-4-2-1-3-5-8/h1-5,11H,6-7,9H2. The Morgan fingerprint density at radius 1 is 1.27 bits per heavy atom. The summed E-state index contributed by atoms with van der Waals surface area (Å²) >= 11 is 0. The zero-order valence-electron chi connectivity index (χ0n) is 6.29. The van der Waals surface area contributed by atoms with Crippen molar-refractivity contribution < 1.29 is 4.52 Å². The molecule has 2 N–H and O–H groups in total. The molecule has 0 bridgehead atoms. The van der Waals surface area contributed by atoms with Gasteiger partial charge in [0.2, 0.25) is 0 Å². The first kappa shape index (κ1) is 8.51. The van der Waals surface area contributed by atoms with Gasteiger partial charge in [0.1, 0.15) is 5.75 Å². The topological polar surface area (TPSA) is 35.2 Å². The van der Waals surface area contributed by atoms with E-state index in [1.54, 1.807) is 0 Å². The van der Waals surface area contributed by atoms with Gasteiger partial charge in [-0.2, -0.15) is 0 Å². The van der Waals surface area contributed by atoms with E-state index in [-0.39, 0.29) is 0 Å². The monoisotopic (exact) mass is 169 g/mol. The Balaban J connectivity index is 2.28. The third-order valence-electron chi connectivity index (χ3n) is 1.18. The Kier molecular flexibility index (Phi) is 3.95. The van der Waals surface area contributed by atoms with Crippen LogP contribution in [0.5, 0.6) is 5.75 Å². The molecule has 0 amide bonds. The van der Waals surface area contributed by atoms with E-state index in [4.69, 9.17) is 10.3 Å². The zero-order valence-corrected chi connectivity index (χ0v) is 7.29. The lowest BCUT2D eigenvalue weighted by Crippen LogP contribution is -2.00. The van der Waals surface area contributed by atoms with E-state index in [0.29, 0.717) is 15.4 Å². The maximum Gasteiger partial charge on any atom is 0.122 e. The molecule has 0 aliphatic heterocycles. The highest BCUT2D eigenvalue weighted by Gasteiger charge is 1.88. The third kappa shape index (κ3) is 3.35. The Morgan fingerprint density at radius 2 is 2.00 bits per heavy atom. The molecule has 11 heavy (non-hydrogen) atoms. The van der Waals surface area contributed by atoms with Crippen molar-refractivity contribution in [2.24, 2.45) is 5.73 Å². The van der Waals surface area contributed by atoms with Gasteiger partial charge in [-0.3, -0.25) is 0 Å². The van der Waals surface area contributed by atoms with Crippen LogP contribution in [0.2, 0.25) is 0 Å². The van der Waals surface area contributed by atoms with Gasteiger partial charge in [0.25, 0.3) is 0 Å². The Morgan fingerprint density at radius 3 is 2.64 bits per heavy atom. The van der Waals surface area contributed by atoms with Crippen molar-refractivity contribution in [1.82, 2.24) is 0 Å². The van der Waals surface area contributed by atoms with Crippen molar-refractivity contribution in [3.63, 3.8) is 0 Å². The van der Waals surface area contributed by atoms with Crippen molar-refractivity contribution in [1.29, 1.82) is 0 Å². The minimum Gasteiger partial charge on any atom is -0.477 e. The van der Waals surface area contributed by atoms with Gasteiger partial charge in [-0.25, -0.2) is 0 Å². The largest absolute Gasteiger partial charge is 0.477 e. The number of hydrogen-bond donors (Lipinski definition) is 1. The van der Waals surface area contributed by atoms with Gasteiger partial charge in [0.15, 0.2) is 0 Å². The maximum absolute atomic E-state index is 5.39. The predicted octanol–water partition coefficient (Wildman–Crippen LogP) is 1.62. The molecule has 1 atom stereocenters. The molecule has 0 saturated heterocycles. The minimum absolute atomic E-state index is 0.485. The first-order chi connectivity index (χ1) is 5.43. The molecule has 0 aliphatic carbocycles. The molecule has 2 nitrogen and oxygen atoms in total. The van der Waals surface area contributed by atoms with Crippen molar-refractivity contribution in [2.75, 3.05) is 12.7 Å². The predicted molar refractivity (Wildman–Crippen MR) is 49.3 cm³/mol. The van der Waals surface area contributed by atoms with Gasteiger partial charge in [0.05, 0.1) is 8.81 Å². The van der Waals surface area contributed by atoms with Crippen LogP contribution in [-0.2, 0) is 0 Å². The number of hydrogen-bond acceptors (Lipinski definition) is 2. The second kappa shape index (κ2) is 5.11. The SMILES string of the molecule is NCCPOc1ccccc1. The molecule has 0 saturated carbocycles. The highest BCUT2D eigenvalue weighted by molar-refractivity contribution is 7.32. The molecular formula is C8H12NOP. The quantitative estimate of drug-likeness (QED) is 0.549. The fraction of sp³-hybridized carbons (Fsp3) is 0.250. The smallest absolute Gasteiger partial charge is 0.122 e. The second-order valence-corrected chi connectivity index (χ2v) is 3.09. The van der Waals surface area contributed by atoms with Crippen LogP contribution >= 0.6 is 8.81 Å². The Labute approximate surface area is 68.6 Å². The van der Waals surface area contributed by atoms with Crippen molar-refractivity contribution in [3.05, 3.63) is 30.3 Å². The highest BCUT2D eigenvalue weighted by Crippen LogP contribution is 2.18. The third-order valence-corrected chi connectivity index (χ3v) is 2.05. The Bertz CT molecular complexity index is 191. The van der Waals surface area contributed by atoms with Gasteiger partial charge < -0.3 is 10.3 Å². The molecular weight excluding hydrogens is 157 g/mol. The van der Waals surface area contributed by atoms with Gasteiger partial charge in [-0.1, -0.05) is 18.2 Å². The average molecular weight is 169 g/mol. The summed E-state index contributed by atoms with van der Waals surface area (Å²) in [6, 6.07) is 9.79. The van der Waals surface area contributed by atoms with Crippen molar-refractivity contribution in [3.8, 4) is 5.75 Å². The normalized spacial score (nSPS) is 10.6. The van der Waals surface area contributed by atoms with Gasteiger partial charge >= 0.3 is 0 Å². The number of rotatable bonds is 4. The van der Waals surface area contributed by atoms with Crippen LogP contribution in [0.1, 0.15) is 0 Å². The molecule has 0 fully saturated rings. The van der Waals surface area contributed by atoms with E-state index >= 15 is 0 Å². The summed E-state index contributed by atoms with van der Waals surface area (Å²) < 4.78 is 5.39. The van der Waals surface area contributed by atoms with Crippen LogP contribution in [0.4, 0.5) is 0 Å². The van der Waals surface area contributed by atoms with E-state index in [0.717, 1.165) is 11.9 Å². The minimum atomic E-state index is 0.485. The van der Waals surface area contributed by atoms with Crippen molar-refractivity contribution >= 4 is 8.81 Å². The average Bonchev–Trinajstić information content (AvgIpc) is 2.07. The van der Waals surface area contributed by atoms with Gasteiger partial charge in [0, 0.05) is 6.16 Å². The lowest BCUT2D eigenvalue weighted by atomic mass is 10.3. The maximum atomic E-state index is 5.39. The van der Waals surface area contributed by atoms with Crippen LogP contribution < -0.4 is 10.3 Å². The molecule has 0 heterocycles. The summed E-state index contributed by atoms with van der Waals surface area (Å²) in [5.41, 5.74) is 5.32. The van der Waals surface area contributed by atoms with E-state index in [1.165, 1.54) is 0 Å². The van der Waals surface area contributed by atoms with Crippen LogP contribution in [0.25, 0.3) is 0 Å². The number of benzene rings is 1. The number of nitrogens with two attached hydrogens (primary N) is 1. The number of para-hydroxylation sites is 1. The molecule has 1 aromatic rings. The molecule has 3 heteroatoms. The van der Waals surface area contributed by atoms with Crippen molar-refractivity contribution in [2.45, 2.75) is 0 Å². The lowest BCUT2D eigenvalue weighted by Gasteiger charge is -2.02. The molecule has 60 valence electrons. The van der Waals surface area contributed by atoms with Gasteiger partial charge in [-0.05, 0) is 18.7 Å². The summed E-state index contributed by atoms with van der Waals surface area (Å²) in [6.45, 7) is 0.700. The summed E-state index contributed by atoms with van der Waals surface area (Å²) in [4.78, 5) is 0. The van der Waals surface area contributed by atoms with Crippen LogP contribution in [0, 0.1) is 0 Å². The van der Waals surface area contributed by atoms with Crippen LogP contribution in [0.3, 0.4) is 0 Å². The summed E-state index contributed by atoms with van der Waals surface area (Å²) in [5.74, 6) is 0.930.